The van der Waals surface area contributed by atoms with E-state index < -0.39 is 0 Å². The number of rotatable bonds is 4. The number of hydrogen-bond donors (Lipinski definition) is 0. The zero-order valence-corrected chi connectivity index (χ0v) is 18.7. The fraction of sp³-hybridized carbons (Fsp3) is 0.880. The minimum absolute atomic E-state index is 0.0227. The Bertz CT molecular complexity index is 699. The number of Topliss-reactive ketones (excluding diaryl/α,β-unsaturated/α-hetero) is 2. The molecule has 5 unspecified atom stereocenters. The van der Waals surface area contributed by atoms with Gasteiger partial charge in [-0.15, -0.1) is 0 Å². The molecule has 0 bridgehead atoms. The van der Waals surface area contributed by atoms with Crippen LogP contribution in [0.4, 0.5) is 0 Å². The first-order chi connectivity index (χ1) is 13.7. The Hall–Kier alpha value is -1.19. The quantitative estimate of drug-likeness (QED) is 0.622. The first-order valence-corrected chi connectivity index (χ1v) is 11.8. The van der Waals surface area contributed by atoms with Crippen LogP contribution >= 0.6 is 0 Å². The second kappa shape index (κ2) is 7.50. The molecule has 0 N–H and O–H groups in total. The summed E-state index contributed by atoms with van der Waals surface area (Å²) in [4.78, 5) is 36.8. The van der Waals surface area contributed by atoms with Gasteiger partial charge in [-0.3, -0.25) is 14.4 Å². The average Bonchev–Trinajstić information content (AvgIpc) is 3.05. The lowest BCUT2D eigenvalue weighted by Gasteiger charge is -2.59. The van der Waals surface area contributed by atoms with Gasteiger partial charge < -0.3 is 4.74 Å². The van der Waals surface area contributed by atoms with Gasteiger partial charge in [0.15, 0.2) is 0 Å². The number of carbonyl (C=O) groups excluding carboxylic acids is 3. The predicted molar refractivity (Wildman–Crippen MR) is 111 cm³/mol. The van der Waals surface area contributed by atoms with Crippen molar-refractivity contribution in [1.29, 1.82) is 0 Å². The van der Waals surface area contributed by atoms with Crippen molar-refractivity contribution in [3.63, 3.8) is 0 Å². The third-order valence-corrected chi connectivity index (χ3v) is 10.1. The van der Waals surface area contributed by atoms with E-state index in [1.807, 2.05) is 0 Å². The molecule has 0 aromatic heterocycles. The number of ether oxygens (including phenoxy) is 1. The second-order valence-electron chi connectivity index (χ2n) is 11.2. The van der Waals surface area contributed by atoms with Crippen LogP contribution in [0.1, 0.15) is 85.0 Å². The standard InChI is InChI=1S/C25H38O4/c1-15(5-8-23(28)29-4)18-6-7-19-17-14-22(27)21-13-16(26)9-11-25(21,3)20(17)10-12-24(18,19)2/h15,17-21H,5-14H2,1-4H3/t15?,17?,18-,19?,20?,21?,24-,25-/m1/s1. The highest BCUT2D eigenvalue weighted by molar-refractivity contribution is 5.90. The summed E-state index contributed by atoms with van der Waals surface area (Å²) in [6, 6.07) is 0. The Balaban J connectivity index is 1.53. The molecule has 4 nitrogen and oxygen atoms in total. The molecular formula is C25H38O4. The molecule has 4 fully saturated rings. The molecule has 29 heavy (non-hydrogen) atoms. The molecule has 4 heteroatoms. The van der Waals surface area contributed by atoms with Crippen LogP contribution in [0.25, 0.3) is 0 Å². The Morgan fingerprint density at radius 3 is 2.52 bits per heavy atom. The van der Waals surface area contributed by atoms with Crippen molar-refractivity contribution in [1.82, 2.24) is 0 Å². The van der Waals surface area contributed by atoms with E-state index in [9.17, 15) is 14.4 Å². The number of methoxy groups -OCH3 is 1. The van der Waals surface area contributed by atoms with E-state index >= 15 is 0 Å². The van der Waals surface area contributed by atoms with Gasteiger partial charge in [0, 0.05) is 31.6 Å². The van der Waals surface area contributed by atoms with E-state index in [1.165, 1.54) is 32.8 Å². The third kappa shape index (κ3) is 3.29. The molecule has 4 rings (SSSR count). The lowest BCUT2D eigenvalue weighted by Crippen LogP contribution is -2.56. The highest BCUT2D eigenvalue weighted by Crippen LogP contribution is 2.67. The summed E-state index contributed by atoms with van der Waals surface area (Å²) in [7, 11) is 1.47. The van der Waals surface area contributed by atoms with Crippen molar-refractivity contribution >= 4 is 17.5 Å². The number of carbonyl (C=O) groups is 3. The van der Waals surface area contributed by atoms with E-state index in [1.54, 1.807) is 0 Å². The molecule has 0 aliphatic heterocycles. The Morgan fingerprint density at radius 1 is 1.07 bits per heavy atom. The second-order valence-corrected chi connectivity index (χ2v) is 11.2. The van der Waals surface area contributed by atoms with Crippen molar-refractivity contribution in [2.24, 2.45) is 46.3 Å². The largest absolute Gasteiger partial charge is 0.469 e. The molecule has 0 radical (unpaired) electrons. The van der Waals surface area contributed by atoms with E-state index in [0.717, 1.165) is 12.8 Å². The van der Waals surface area contributed by atoms with Crippen molar-refractivity contribution < 1.29 is 19.1 Å². The number of esters is 1. The van der Waals surface area contributed by atoms with Gasteiger partial charge in [-0.1, -0.05) is 20.8 Å². The predicted octanol–water partition coefficient (Wildman–Crippen LogP) is 4.98. The van der Waals surface area contributed by atoms with Crippen molar-refractivity contribution in [3.05, 3.63) is 0 Å². The summed E-state index contributed by atoms with van der Waals surface area (Å²) >= 11 is 0. The molecule has 4 saturated carbocycles. The van der Waals surface area contributed by atoms with Crippen molar-refractivity contribution in [3.8, 4) is 0 Å². The maximum absolute atomic E-state index is 13.1. The van der Waals surface area contributed by atoms with Gasteiger partial charge in [0.1, 0.15) is 11.6 Å². The molecule has 8 atom stereocenters. The van der Waals surface area contributed by atoms with Gasteiger partial charge in [0.25, 0.3) is 0 Å². The maximum Gasteiger partial charge on any atom is 0.305 e. The smallest absolute Gasteiger partial charge is 0.305 e. The lowest BCUT2D eigenvalue weighted by molar-refractivity contribution is -0.159. The summed E-state index contributed by atoms with van der Waals surface area (Å²) < 4.78 is 4.85. The topological polar surface area (TPSA) is 60.4 Å². The SMILES string of the molecule is COC(=O)CCC(C)[C@H]1CCC2C3CC(=O)C4CC(=O)CC[C@]4(C)C3CC[C@@]21C. The first-order valence-electron chi connectivity index (χ1n) is 11.8. The molecule has 0 aromatic carbocycles. The van der Waals surface area contributed by atoms with Gasteiger partial charge >= 0.3 is 5.97 Å². The zero-order chi connectivity index (χ0) is 21.0. The molecule has 0 heterocycles. The van der Waals surface area contributed by atoms with Crippen LogP contribution in [0, 0.1) is 46.3 Å². The minimum Gasteiger partial charge on any atom is -0.469 e. The molecule has 0 amide bonds. The molecular weight excluding hydrogens is 364 g/mol. The van der Waals surface area contributed by atoms with Gasteiger partial charge in [-0.2, -0.15) is 0 Å². The van der Waals surface area contributed by atoms with Crippen LogP contribution in [0.2, 0.25) is 0 Å². The van der Waals surface area contributed by atoms with Crippen LogP contribution in [0.3, 0.4) is 0 Å². The van der Waals surface area contributed by atoms with Crippen molar-refractivity contribution in [2.75, 3.05) is 7.11 Å². The highest BCUT2D eigenvalue weighted by Gasteiger charge is 2.62. The first kappa shape index (κ1) is 21.1. The van der Waals surface area contributed by atoms with Gasteiger partial charge in [0.05, 0.1) is 7.11 Å². The van der Waals surface area contributed by atoms with Crippen LogP contribution in [0.15, 0.2) is 0 Å². The highest BCUT2D eigenvalue weighted by atomic mass is 16.5. The summed E-state index contributed by atoms with van der Waals surface area (Å²) in [5.74, 6) is 3.38. The van der Waals surface area contributed by atoms with E-state index in [2.05, 4.69) is 20.8 Å². The summed E-state index contributed by atoms with van der Waals surface area (Å²) in [6.45, 7) is 7.11. The van der Waals surface area contributed by atoms with Gasteiger partial charge in [0.2, 0.25) is 0 Å². The molecule has 0 spiro atoms. The van der Waals surface area contributed by atoms with Crippen LogP contribution in [-0.4, -0.2) is 24.6 Å². The van der Waals surface area contributed by atoms with Crippen LogP contribution < -0.4 is 0 Å². The zero-order valence-electron chi connectivity index (χ0n) is 18.7. The summed E-state index contributed by atoms with van der Waals surface area (Å²) in [5.41, 5.74) is 0.314. The summed E-state index contributed by atoms with van der Waals surface area (Å²) in [5, 5.41) is 0. The van der Waals surface area contributed by atoms with Gasteiger partial charge in [-0.25, -0.2) is 0 Å². The monoisotopic (exact) mass is 402 g/mol. The number of fused-ring (bicyclic) bond motifs is 5. The third-order valence-electron chi connectivity index (χ3n) is 10.1. The lowest BCUT2D eigenvalue weighted by atomic mass is 9.44. The Kier molecular flexibility index (Phi) is 5.44. The van der Waals surface area contributed by atoms with Crippen LogP contribution in [0.5, 0.6) is 0 Å². The minimum atomic E-state index is -0.107. The van der Waals surface area contributed by atoms with Crippen LogP contribution in [-0.2, 0) is 19.1 Å². The fourth-order valence-electron chi connectivity index (χ4n) is 8.46. The Morgan fingerprint density at radius 2 is 1.79 bits per heavy atom. The maximum atomic E-state index is 13.1. The molecule has 0 aromatic rings. The molecule has 4 aliphatic rings. The molecule has 4 aliphatic carbocycles. The summed E-state index contributed by atoms with van der Waals surface area (Å²) in [6.07, 6.45) is 9.04. The van der Waals surface area contributed by atoms with E-state index in [-0.39, 0.29) is 22.7 Å². The normalized spacial score (nSPS) is 45.2. The number of hydrogen-bond acceptors (Lipinski definition) is 4. The van der Waals surface area contributed by atoms with Gasteiger partial charge in [-0.05, 0) is 78.9 Å². The average molecular weight is 403 g/mol. The molecule has 0 saturated heterocycles. The number of ketones is 2. The van der Waals surface area contributed by atoms with Crippen molar-refractivity contribution in [2.45, 2.75) is 85.0 Å². The van der Waals surface area contributed by atoms with E-state index in [0.29, 0.717) is 66.8 Å². The molecule has 162 valence electrons. The fourth-order valence-corrected chi connectivity index (χ4v) is 8.46. The van der Waals surface area contributed by atoms with E-state index in [4.69, 9.17) is 4.74 Å². The Labute approximate surface area is 175 Å².